The molecule has 0 saturated heterocycles. The maximum absolute atomic E-state index is 13.2. The molecule has 4 N–H and O–H groups in total. The van der Waals surface area contributed by atoms with Crippen molar-refractivity contribution in [3.05, 3.63) is 182 Å². The number of nitrogens with one attached hydrogen (secondary N) is 2. The average Bonchev–Trinajstić information content (AvgIpc) is 3.18. The lowest BCUT2D eigenvalue weighted by molar-refractivity contribution is 0.100. The molecule has 0 aliphatic rings. The molecule has 0 atom stereocenters. The van der Waals surface area contributed by atoms with E-state index in [1.165, 1.54) is 48.5 Å². The van der Waals surface area contributed by atoms with Gasteiger partial charge in [0.25, 0.3) is 24.7 Å². The number of hydrogen-bond donors (Lipinski definition) is 4. The smallest absolute Gasteiger partial charge is 0.423 e. The second-order valence-corrected chi connectivity index (χ2v) is 13.4. The van der Waals surface area contributed by atoms with Gasteiger partial charge in [0.15, 0.2) is 0 Å². The van der Waals surface area contributed by atoms with Crippen molar-refractivity contribution >= 4 is 74.9 Å². The van der Waals surface area contributed by atoms with Crippen LogP contribution in [0.3, 0.4) is 0 Å². The highest BCUT2D eigenvalue weighted by molar-refractivity contribution is 9.10. The topological polar surface area (TPSA) is 98.7 Å². The quantitative estimate of drug-likeness (QED) is 0.0904. The van der Waals surface area contributed by atoms with Crippen molar-refractivity contribution in [2.75, 3.05) is 10.6 Å². The Balaban J connectivity index is 0.000000203. The van der Waals surface area contributed by atoms with E-state index in [0.717, 1.165) is 22.8 Å². The summed E-state index contributed by atoms with van der Waals surface area (Å²) >= 11 is 14.7. The third-order valence-electron chi connectivity index (χ3n) is 7.89. The summed E-state index contributed by atoms with van der Waals surface area (Å²) in [5.41, 5.74) is 3.13. The van der Waals surface area contributed by atoms with Gasteiger partial charge < -0.3 is 20.7 Å². The van der Waals surface area contributed by atoms with Gasteiger partial charge in [0.2, 0.25) is 0 Å². The van der Waals surface area contributed by atoms with Gasteiger partial charge in [-0.2, -0.15) is 0 Å². The number of halogens is 8. The van der Waals surface area contributed by atoms with Crippen LogP contribution in [0.5, 0.6) is 0 Å². The first kappa shape index (κ1) is 43.7. The summed E-state index contributed by atoms with van der Waals surface area (Å²) in [7, 11) is -1.65. The van der Waals surface area contributed by atoms with E-state index in [1.807, 2.05) is 31.2 Å². The number of hydrogen-bond acceptors (Lipinski definition) is 4. The molecule has 0 heterocycles. The largest absolute Gasteiger partial charge is 0.488 e. The SMILES string of the molecule is Cc1cc(-c2ccccc2NC(=O)c2ccccc2C(F)F)ccc1Cl.O=C(Nc1ccccc1Br)c1ccccc1C(F)F.OB(O)c1ccc(Cl)c(F)c1. The standard InChI is InChI=1S/C21H16ClF2NO.C14H10BrF2NO.C6H5BClFO2/c1-13-12-14(10-11-18(13)22)15-6-4-5-9-19(15)25-21(26)17-8-3-2-7-16(17)20(23)24;15-11-7-3-4-8-12(11)18-14(19)10-6-2-1-5-9(10)13(16)17;8-5-2-1-4(7(10)11)3-6(5)9/h2-12,20H,1H3,(H,25,26);1-8,13H,(H,18,19);1-3,10-11H. The number of benzene rings is 6. The van der Waals surface area contributed by atoms with Crippen LogP contribution in [0.1, 0.15) is 50.3 Å². The predicted octanol–water partition coefficient (Wildman–Crippen LogP) is 11.3. The monoisotopic (exact) mass is 870 g/mol. The molecule has 0 aliphatic carbocycles. The van der Waals surface area contributed by atoms with Crippen LogP contribution in [-0.4, -0.2) is 29.0 Å². The number of carbonyl (C=O) groups excluding carboxylic acids is 2. The highest BCUT2D eigenvalue weighted by Crippen LogP contribution is 2.32. The minimum atomic E-state index is -2.72. The zero-order valence-electron chi connectivity index (χ0n) is 29.2. The molecule has 0 radical (unpaired) electrons. The van der Waals surface area contributed by atoms with Crippen molar-refractivity contribution in [3.63, 3.8) is 0 Å². The molecule has 0 unspecified atom stereocenters. The van der Waals surface area contributed by atoms with Crippen LogP contribution in [-0.2, 0) is 0 Å². The van der Waals surface area contributed by atoms with Crippen molar-refractivity contribution in [3.8, 4) is 11.1 Å². The molecular weight excluding hydrogens is 841 g/mol. The van der Waals surface area contributed by atoms with E-state index in [-0.39, 0.29) is 32.7 Å². The van der Waals surface area contributed by atoms with Gasteiger partial charge in [-0.1, -0.05) is 102 Å². The first-order chi connectivity index (χ1) is 26.7. The van der Waals surface area contributed by atoms with Crippen LogP contribution in [0.25, 0.3) is 11.1 Å². The molecule has 0 saturated carbocycles. The first-order valence-electron chi connectivity index (χ1n) is 16.5. The van der Waals surface area contributed by atoms with E-state index < -0.39 is 37.6 Å². The number of rotatable bonds is 8. The zero-order chi connectivity index (χ0) is 40.9. The molecular formula is C41H31BBrCl2F5N2O4. The van der Waals surface area contributed by atoms with Crippen molar-refractivity contribution in [2.45, 2.75) is 19.8 Å². The third kappa shape index (κ3) is 12.0. The molecule has 6 aromatic rings. The Bertz CT molecular complexity index is 2300. The van der Waals surface area contributed by atoms with Crippen molar-refractivity contribution in [1.29, 1.82) is 0 Å². The second-order valence-electron chi connectivity index (χ2n) is 11.7. The summed E-state index contributed by atoms with van der Waals surface area (Å²) < 4.78 is 65.2. The molecule has 6 rings (SSSR count). The highest BCUT2D eigenvalue weighted by Gasteiger charge is 2.20. The number of anilines is 2. The van der Waals surface area contributed by atoms with Crippen LogP contribution in [0.4, 0.5) is 33.3 Å². The maximum atomic E-state index is 13.2. The van der Waals surface area contributed by atoms with E-state index in [9.17, 15) is 31.5 Å². The molecule has 15 heteroatoms. The Kier molecular flexibility index (Phi) is 16.2. The fraction of sp³-hybridized carbons (Fsp3) is 0.0732. The zero-order valence-corrected chi connectivity index (χ0v) is 32.3. The predicted molar refractivity (Wildman–Crippen MR) is 216 cm³/mol. The van der Waals surface area contributed by atoms with Gasteiger partial charge in [0.1, 0.15) is 5.82 Å². The summed E-state index contributed by atoms with van der Waals surface area (Å²) in [6.07, 6.45) is -5.40. The first-order valence-corrected chi connectivity index (χ1v) is 18.0. The second kappa shape index (κ2) is 20.8. The number of aryl methyl sites for hydroxylation is 1. The number of para-hydroxylation sites is 2. The molecule has 56 heavy (non-hydrogen) atoms. The maximum Gasteiger partial charge on any atom is 0.488 e. The van der Waals surface area contributed by atoms with Gasteiger partial charge in [0.05, 0.1) is 10.7 Å². The normalized spacial score (nSPS) is 10.5. The van der Waals surface area contributed by atoms with Crippen LogP contribution in [0.2, 0.25) is 10.0 Å². The Hall–Kier alpha value is -5.05. The van der Waals surface area contributed by atoms with Crippen LogP contribution < -0.4 is 16.1 Å². The minimum absolute atomic E-state index is 0.0201. The summed E-state index contributed by atoms with van der Waals surface area (Å²) in [6.45, 7) is 1.89. The van der Waals surface area contributed by atoms with Crippen molar-refractivity contribution < 1.29 is 41.6 Å². The molecule has 288 valence electrons. The fourth-order valence-corrected chi connectivity index (χ4v) is 5.68. The van der Waals surface area contributed by atoms with E-state index in [1.54, 1.807) is 54.6 Å². The number of alkyl halides is 4. The summed E-state index contributed by atoms with van der Waals surface area (Å²) in [4.78, 5) is 24.6. The van der Waals surface area contributed by atoms with E-state index in [4.69, 9.17) is 33.2 Å². The van der Waals surface area contributed by atoms with Gasteiger partial charge >= 0.3 is 7.12 Å². The average molecular weight is 872 g/mol. The Labute approximate surface area is 338 Å². The Morgan fingerprint density at radius 1 is 0.643 bits per heavy atom. The highest BCUT2D eigenvalue weighted by atomic mass is 79.9. The number of amides is 2. The van der Waals surface area contributed by atoms with Crippen molar-refractivity contribution in [1.82, 2.24) is 0 Å². The lowest BCUT2D eigenvalue weighted by atomic mass is 9.80. The molecule has 0 aliphatic heterocycles. The summed E-state index contributed by atoms with van der Waals surface area (Å²) in [6, 6.07) is 34.7. The van der Waals surface area contributed by atoms with E-state index >= 15 is 0 Å². The van der Waals surface area contributed by atoms with Gasteiger partial charge in [-0.3, -0.25) is 9.59 Å². The Morgan fingerprint density at radius 2 is 1.12 bits per heavy atom. The summed E-state index contributed by atoms with van der Waals surface area (Å²) in [5.74, 6) is -1.78. The van der Waals surface area contributed by atoms with Crippen LogP contribution in [0.15, 0.2) is 138 Å². The molecule has 0 bridgehead atoms. The minimum Gasteiger partial charge on any atom is -0.423 e. The Morgan fingerprint density at radius 3 is 1.64 bits per heavy atom. The fourth-order valence-electron chi connectivity index (χ4n) is 5.06. The van der Waals surface area contributed by atoms with E-state index in [2.05, 4.69) is 26.6 Å². The molecule has 0 aromatic heterocycles. The molecule has 6 nitrogen and oxygen atoms in total. The number of carbonyl (C=O) groups is 2. The summed E-state index contributed by atoms with van der Waals surface area (Å²) in [5, 5.41) is 23.1. The third-order valence-corrected chi connectivity index (χ3v) is 9.31. The van der Waals surface area contributed by atoms with Crippen LogP contribution >= 0.6 is 39.1 Å². The van der Waals surface area contributed by atoms with Gasteiger partial charge in [-0.25, -0.2) is 22.0 Å². The van der Waals surface area contributed by atoms with Crippen molar-refractivity contribution in [2.24, 2.45) is 0 Å². The molecule has 6 aromatic carbocycles. The van der Waals surface area contributed by atoms with Crippen LogP contribution in [0, 0.1) is 12.7 Å². The van der Waals surface area contributed by atoms with E-state index in [0.29, 0.717) is 20.9 Å². The molecule has 0 fully saturated rings. The molecule has 0 spiro atoms. The lowest BCUT2D eigenvalue weighted by Gasteiger charge is -2.14. The van der Waals surface area contributed by atoms with Gasteiger partial charge in [-0.05, 0) is 94.0 Å². The van der Waals surface area contributed by atoms with Gasteiger partial charge in [0, 0.05) is 43.0 Å². The molecule has 2 amide bonds. The van der Waals surface area contributed by atoms with Gasteiger partial charge in [-0.15, -0.1) is 0 Å². The lowest BCUT2D eigenvalue weighted by Crippen LogP contribution is -2.29.